The molecule has 0 saturated carbocycles. The summed E-state index contributed by atoms with van der Waals surface area (Å²) in [7, 11) is 2.94. The fourth-order valence-corrected chi connectivity index (χ4v) is 2.30. The van der Waals surface area contributed by atoms with Gasteiger partial charge in [-0.05, 0) is 5.56 Å². The third-order valence-corrected chi connectivity index (χ3v) is 3.20. The Labute approximate surface area is 122 Å². The van der Waals surface area contributed by atoms with Gasteiger partial charge in [0.15, 0.2) is 6.10 Å². The largest absolute Gasteiger partial charge is 0.438 e. The number of aliphatic hydroxyl groups excluding tert-OH is 1. The maximum absolute atomic E-state index is 11.7. The Kier molecular flexibility index (Phi) is 5.51. The lowest BCUT2D eigenvalue weighted by atomic mass is 10.1. The van der Waals surface area contributed by atoms with Crippen LogP contribution >= 0.6 is 0 Å². The van der Waals surface area contributed by atoms with Crippen molar-refractivity contribution in [1.82, 2.24) is 5.32 Å². The molecule has 1 amide bonds. The first kappa shape index (κ1) is 15.7. The molecule has 7 nitrogen and oxygen atoms in total. The highest BCUT2D eigenvalue weighted by molar-refractivity contribution is 5.67. The summed E-state index contributed by atoms with van der Waals surface area (Å²) in [5.74, 6) is 0. The molecule has 116 valence electrons. The third-order valence-electron chi connectivity index (χ3n) is 3.20. The average molecular weight is 297 g/mol. The van der Waals surface area contributed by atoms with Crippen LogP contribution in [-0.2, 0) is 18.9 Å². The number of nitrogens with one attached hydrogen (secondary N) is 1. The van der Waals surface area contributed by atoms with Crippen LogP contribution in [0.1, 0.15) is 23.3 Å². The first-order chi connectivity index (χ1) is 10.2. The van der Waals surface area contributed by atoms with Crippen molar-refractivity contribution in [3.63, 3.8) is 0 Å². The van der Waals surface area contributed by atoms with Crippen LogP contribution in [0.4, 0.5) is 4.79 Å². The number of hydrogen-bond acceptors (Lipinski definition) is 6. The van der Waals surface area contributed by atoms with Crippen LogP contribution < -0.4 is 5.32 Å². The molecule has 0 aliphatic heterocycles. The number of methoxy groups -OCH3 is 2. The van der Waals surface area contributed by atoms with Crippen molar-refractivity contribution in [2.24, 2.45) is 0 Å². The third kappa shape index (κ3) is 3.51. The highest BCUT2D eigenvalue weighted by Gasteiger charge is 2.43. The van der Waals surface area contributed by atoms with Crippen LogP contribution in [0, 0.1) is 0 Å². The zero-order valence-electron chi connectivity index (χ0n) is 11.9. The molecular formula is C14H19NO6. The highest BCUT2D eigenvalue weighted by Crippen LogP contribution is 2.42. The molecule has 1 aliphatic carbocycles. The summed E-state index contributed by atoms with van der Waals surface area (Å²) >= 11 is 0. The van der Waals surface area contributed by atoms with Crippen molar-refractivity contribution in [2.75, 3.05) is 27.7 Å². The summed E-state index contributed by atoms with van der Waals surface area (Å²) in [6.07, 6.45) is -2.94. The Bertz CT molecular complexity index is 480. The van der Waals surface area contributed by atoms with Crippen LogP contribution in [0.5, 0.6) is 0 Å². The van der Waals surface area contributed by atoms with Gasteiger partial charge in [-0.3, -0.25) is 5.32 Å². The highest BCUT2D eigenvalue weighted by atomic mass is 16.7. The number of aliphatic hydroxyl groups is 1. The Hall–Kier alpha value is -1.67. The molecule has 0 heterocycles. The zero-order chi connectivity index (χ0) is 15.2. The minimum Gasteiger partial charge on any atom is -0.438 e. The zero-order valence-corrected chi connectivity index (χ0v) is 11.9. The summed E-state index contributed by atoms with van der Waals surface area (Å²) in [4.78, 5) is 11.7. The van der Waals surface area contributed by atoms with Gasteiger partial charge in [0, 0.05) is 19.8 Å². The first-order valence-electron chi connectivity index (χ1n) is 6.50. The molecule has 0 saturated heterocycles. The van der Waals surface area contributed by atoms with Crippen LogP contribution in [0.3, 0.4) is 0 Å². The quantitative estimate of drug-likeness (QED) is 0.765. The second kappa shape index (κ2) is 7.37. The van der Waals surface area contributed by atoms with Gasteiger partial charge < -0.3 is 24.1 Å². The fraction of sp³-hybridized carbons (Fsp3) is 0.500. The smallest absolute Gasteiger partial charge is 0.409 e. The molecule has 1 aromatic carbocycles. The van der Waals surface area contributed by atoms with E-state index in [9.17, 15) is 9.90 Å². The molecule has 1 unspecified atom stereocenters. The Balaban J connectivity index is 2.15. The number of hydrogen-bond donors (Lipinski definition) is 2. The van der Waals surface area contributed by atoms with E-state index in [1.165, 1.54) is 14.2 Å². The topological polar surface area (TPSA) is 86.3 Å². The van der Waals surface area contributed by atoms with E-state index in [0.717, 1.165) is 5.56 Å². The van der Waals surface area contributed by atoms with Crippen molar-refractivity contribution in [3.05, 3.63) is 35.4 Å². The molecule has 7 heteroatoms. The average Bonchev–Trinajstić information content (AvgIpc) is 2.76. The molecule has 0 radical (unpaired) electrons. The maximum Gasteiger partial charge on any atom is 0.409 e. The van der Waals surface area contributed by atoms with Gasteiger partial charge in [0.25, 0.3) is 0 Å². The van der Waals surface area contributed by atoms with Crippen LogP contribution in [0.15, 0.2) is 24.3 Å². The molecule has 3 atom stereocenters. The normalized spacial score (nSPS) is 23.7. The molecule has 1 aromatic rings. The van der Waals surface area contributed by atoms with Gasteiger partial charge in [-0.15, -0.1) is 0 Å². The molecule has 0 spiro atoms. The lowest BCUT2D eigenvalue weighted by Crippen LogP contribution is -2.32. The molecule has 0 bridgehead atoms. The number of alkyl carbamates (subject to hydrolysis) is 1. The predicted octanol–water partition coefficient (Wildman–Crippen LogP) is 1.09. The Morgan fingerprint density at radius 1 is 1.24 bits per heavy atom. The second-order valence-corrected chi connectivity index (χ2v) is 4.55. The molecule has 2 N–H and O–H groups in total. The first-order valence-corrected chi connectivity index (χ1v) is 6.50. The monoisotopic (exact) mass is 297 g/mol. The van der Waals surface area contributed by atoms with E-state index < -0.39 is 24.4 Å². The molecule has 0 fully saturated rings. The number of amides is 1. The van der Waals surface area contributed by atoms with Crippen LogP contribution in [-0.4, -0.2) is 45.0 Å². The summed E-state index contributed by atoms with van der Waals surface area (Å²) in [6.45, 7) is 0.0363. The molecule has 21 heavy (non-hydrogen) atoms. The van der Waals surface area contributed by atoms with Gasteiger partial charge in [-0.25, -0.2) is 4.79 Å². The van der Waals surface area contributed by atoms with E-state index in [1.54, 1.807) is 12.1 Å². The summed E-state index contributed by atoms with van der Waals surface area (Å²) in [6, 6.07) is 7.19. The van der Waals surface area contributed by atoms with E-state index in [0.29, 0.717) is 5.56 Å². The van der Waals surface area contributed by atoms with Crippen LogP contribution in [0.2, 0.25) is 0 Å². The Morgan fingerprint density at radius 2 is 1.95 bits per heavy atom. The number of ether oxygens (including phenoxy) is 4. The van der Waals surface area contributed by atoms with Gasteiger partial charge >= 0.3 is 6.09 Å². The number of benzene rings is 1. The molecule has 0 aromatic heterocycles. The standard InChI is InChI=1S/C14H19NO6/c1-18-7-15-14(17)21-12-10-6-4-3-5-9(10)11(16)13(12)20-8-19-2/h3-6,11-13,16H,7-8H2,1-2H3,(H,15,17)/t11?,12-,13+/m1/s1. The molecule has 1 aliphatic rings. The summed E-state index contributed by atoms with van der Waals surface area (Å²) in [5, 5.41) is 12.7. The van der Waals surface area contributed by atoms with Gasteiger partial charge in [0.05, 0.1) is 0 Å². The lowest BCUT2D eigenvalue weighted by molar-refractivity contribution is -0.145. The summed E-state index contributed by atoms with van der Waals surface area (Å²) < 4.78 is 20.4. The number of rotatable bonds is 6. The minimum atomic E-state index is -0.878. The van der Waals surface area contributed by atoms with Crippen molar-refractivity contribution in [2.45, 2.75) is 18.3 Å². The van der Waals surface area contributed by atoms with Crippen molar-refractivity contribution in [3.8, 4) is 0 Å². The van der Waals surface area contributed by atoms with E-state index in [4.69, 9.17) is 18.9 Å². The molecular weight excluding hydrogens is 278 g/mol. The SMILES string of the molecule is COCNC(=O)O[C@@H]1c2ccccc2C(O)[C@@H]1OCOC. The van der Waals surface area contributed by atoms with Gasteiger partial charge in [-0.2, -0.15) is 0 Å². The number of carbonyl (C=O) groups excluding carboxylic acids is 1. The van der Waals surface area contributed by atoms with Gasteiger partial charge in [0.1, 0.15) is 25.7 Å². The fourth-order valence-electron chi connectivity index (χ4n) is 2.30. The second-order valence-electron chi connectivity index (χ2n) is 4.55. The minimum absolute atomic E-state index is 0.00470. The van der Waals surface area contributed by atoms with E-state index in [1.807, 2.05) is 12.1 Å². The maximum atomic E-state index is 11.7. The van der Waals surface area contributed by atoms with E-state index in [-0.39, 0.29) is 13.5 Å². The summed E-state index contributed by atoms with van der Waals surface area (Å²) in [5.41, 5.74) is 1.40. The number of carbonyl (C=O) groups is 1. The predicted molar refractivity (Wildman–Crippen MR) is 72.4 cm³/mol. The van der Waals surface area contributed by atoms with E-state index >= 15 is 0 Å². The van der Waals surface area contributed by atoms with Crippen molar-refractivity contribution in [1.29, 1.82) is 0 Å². The van der Waals surface area contributed by atoms with E-state index in [2.05, 4.69) is 5.32 Å². The lowest BCUT2D eigenvalue weighted by Gasteiger charge is -2.23. The Morgan fingerprint density at radius 3 is 2.62 bits per heavy atom. The van der Waals surface area contributed by atoms with Gasteiger partial charge in [-0.1, -0.05) is 24.3 Å². The van der Waals surface area contributed by atoms with Crippen LogP contribution in [0.25, 0.3) is 0 Å². The molecule has 2 rings (SSSR count). The van der Waals surface area contributed by atoms with Gasteiger partial charge in [0.2, 0.25) is 0 Å². The van der Waals surface area contributed by atoms with Crippen molar-refractivity contribution >= 4 is 6.09 Å². The number of fused-ring (bicyclic) bond motifs is 1. The van der Waals surface area contributed by atoms with Crippen molar-refractivity contribution < 1.29 is 28.8 Å².